The number of rotatable bonds is 4. The Morgan fingerprint density at radius 3 is 2.75 bits per heavy atom. The van der Waals surface area contributed by atoms with Crippen LogP contribution in [0.4, 0.5) is 0 Å². The maximum Gasteiger partial charge on any atom is 0.0925 e. The van der Waals surface area contributed by atoms with E-state index in [1.54, 1.807) is 0 Å². The van der Waals surface area contributed by atoms with Crippen LogP contribution < -0.4 is 0 Å². The maximum atomic E-state index is 6.15. The number of hydrogen-bond donors (Lipinski definition) is 0. The summed E-state index contributed by atoms with van der Waals surface area (Å²) in [4.78, 5) is 0. The van der Waals surface area contributed by atoms with Crippen molar-refractivity contribution in [1.29, 1.82) is 0 Å². The fourth-order valence-electron chi connectivity index (χ4n) is 2.33. The van der Waals surface area contributed by atoms with Gasteiger partial charge in [-0.05, 0) is 25.3 Å². The Balaban J connectivity index is 2.03. The molecule has 2 rings (SSSR count). The summed E-state index contributed by atoms with van der Waals surface area (Å²) in [5, 5.41) is 0.882. The molecule has 2 heteroatoms. The summed E-state index contributed by atoms with van der Waals surface area (Å²) in [6.45, 7) is 2.13. The molecule has 1 aromatic rings. The van der Waals surface area contributed by atoms with Gasteiger partial charge < -0.3 is 4.74 Å². The molecule has 0 saturated heterocycles. The predicted molar refractivity (Wildman–Crippen MR) is 71.1 cm³/mol. The fraction of sp³-hybridized carbons (Fsp3) is 0.571. The Morgan fingerprint density at radius 1 is 1.38 bits per heavy atom. The Kier molecular flexibility index (Phi) is 4.42. The second kappa shape index (κ2) is 5.83. The first kappa shape index (κ1) is 12.1. The first-order chi connectivity index (χ1) is 7.79. The minimum atomic E-state index is 0.211. The van der Waals surface area contributed by atoms with Crippen LogP contribution in [-0.2, 0) is 4.74 Å². The summed E-state index contributed by atoms with van der Waals surface area (Å²) in [5.74, 6) is 0. The van der Waals surface area contributed by atoms with Gasteiger partial charge in [0.15, 0.2) is 0 Å². The number of benzene rings is 1. The number of halogens is 1. The Morgan fingerprint density at radius 2 is 2.12 bits per heavy atom. The molecule has 1 fully saturated rings. The van der Waals surface area contributed by atoms with E-state index in [9.17, 15) is 0 Å². The lowest BCUT2D eigenvalue weighted by Gasteiger charge is -2.21. The lowest BCUT2D eigenvalue weighted by molar-refractivity contribution is 0.00432. The van der Waals surface area contributed by atoms with E-state index >= 15 is 0 Å². The normalized spacial score (nSPS) is 18.9. The summed E-state index contributed by atoms with van der Waals surface area (Å²) in [5.41, 5.74) is 2.60. The molecule has 0 amide bonds. The van der Waals surface area contributed by atoms with E-state index in [1.165, 1.54) is 36.8 Å². The molecule has 88 valence electrons. The zero-order valence-corrected chi connectivity index (χ0v) is 11.4. The van der Waals surface area contributed by atoms with Crippen molar-refractivity contribution in [3.63, 3.8) is 0 Å². The third-order valence-electron chi connectivity index (χ3n) is 3.21. The minimum absolute atomic E-state index is 0.211. The van der Waals surface area contributed by atoms with Crippen LogP contribution in [0.25, 0.3) is 0 Å². The van der Waals surface area contributed by atoms with Crippen molar-refractivity contribution in [1.82, 2.24) is 0 Å². The molecule has 1 aliphatic carbocycles. The molecule has 16 heavy (non-hydrogen) atoms. The molecule has 1 saturated carbocycles. The van der Waals surface area contributed by atoms with E-state index in [0.29, 0.717) is 6.10 Å². The van der Waals surface area contributed by atoms with Crippen LogP contribution in [0.5, 0.6) is 0 Å². The highest BCUT2D eigenvalue weighted by molar-refractivity contribution is 9.09. The quantitative estimate of drug-likeness (QED) is 0.745. The molecule has 1 aliphatic rings. The lowest BCUT2D eigenvalue weighted by Crippen LogP contribution is -2.14. The summed E-state index contributed by atoms with van der Waals surface area (Å²) in [6, 6.07) is 8.62. The molecule has 0 aliphatic heterocycles. The first-order valence-electron chi connectivity index (χ1n) is 6.07. The molecule has 0 N–H and O–H groups in total. The predicted octanol–water partition coefficient (Wildman–Crippen LogP) is 4.39. The second-order valence-corrected chi connectivity index (χ2v) is 5.25. The van der Waals surface area contributed by atoms with Gasteiger partial charge in [0.25, 0.3) is 0 Å². The molecular weight excluding hydrogens is 264 g/mol. The Labute approximate surface area is 106 Å². The molecule has 1 aromatic carbocycles. The minimum Gasteiger partial charge on any atom is -0.369 e. The monoisotopic (exact) mass is 282 g/mol. The van der Waals surface area contributed by atoms with Gasteiger partial charge >= 0.3 is 0 Å². The molecule has 1 nitrogen and oxygen atoms in total. The van der Waals surface area contributed by atoms with Gasteiger partial charge in [0.2, 0.25) is 0 Å². The van der Waals surface area contributed by atoms with Crippen LogP contribution >= 0.6 is 15.9 Å². The summed E-state index contributed by atoms with van der Waals surface area (Å²) in [6.07, 6.45) is 5.80. The fourth-order valence-corrected chi connectivity index (χ4v) is 2.86. The lowest BCUT2D eigenvalue weighted by atomic mass is 10.1. The van der Waals surface area contributed by atoms with Crippen LogP contribution in [-0.4, -0.2) is 11.4 Å². The summed E-state index contributed by atoms with van der Waals surface area (Å²) in [7, 11) is 0. The zero-order valence-electron chi connectivity index (χ0n) is 9.79. The van der Waals surface area contributed by atoms with Crippen molar-refractivity contribution < 1.29 is 4.74 Å². The smallest absolute Gasteiger partial charge is 0.0925 e. The van der Waals surface area contributed by atoms with E-state index in [1.807, 2.05) is 0 Å². The van der Waals surface area contributed by atoms with Crippen LogP contribution in [0, 0.1) is 6.92 Å². The van der Waals surface area contributed by atoms with Gasteiger partial charge in [-0.2, -0.15) is 0 Å². The number of alkyl halides is 1. The van der Waals surface area contributed by atoms with E-state index in [2.05, 4.69) is 47.1 Å². The number of aryl methyl sites for hydroxylation is 1. The van der Waals surface area contributed by atoms with Crippen molar-refractivity contribution in [2.75, 3.05) is 5.33 Å². The first-order valence-corrected chi connectivity index (χ1v) is 7.19. The second-order valence-electron chi connectivity index (χ2n) is 4.60. The van der Waals surface area contributed by atoms with Crippen molar-refractivity contribution in [3.05, 3.63) is 35.4 Å². The van der Waals surface area contributed by atoms with Gasteiger partial charge in [0.05, 0.1) is 12.2 Å². The van der Waals surface area contributed by atoms with Gasteiger partial charge in [-0.15, -0.1) is 0 Å². The maximum absolute atomic E-state index is 6.15. The topological polar surface area (TPSA) is 9.23 Å². The van der Waals surface area contributed by atoms with E-state index < -0.39 is 0 Å². The molecule has 1 unspecified atom stereocenters. The van der Waals surface area contributed by atoms with Crippen molar-refractivity contribution in [3.8, 4) is 0 Å². The van der Waals surface area contributed by atoms with E-state index in [0.717, 1.165) is 5.33 Å². The highest BCUT2D eigenvalue weighted by Gasteiger charge is 2.20. The largest absolute Gasteiger partial charge is 0.369 e. The highest BCUT2D eigenvalue weighted by Crippen LogP contribution is 2.29. The average molecular weight is 283 g/mol. The van der Waals surface area contributed by atoms with Crippen LogP contribution in [0.15, 0.2) is 24.3 Å². The number of ether oxygens (including phenoxy) is 1. The van der Waals surface area contributed by atoms with E-state index in [-0.39, 0.29) is 6.10 Å². The van der Waals surface area contributed by atoms with Crippen molar-refractivity contribution in [2.24, 2.45) is 0 Å². The van der Waals surface area contributed by atoms with Gasteiger partial charge in [-0.3, -0.25) is 0 Å². The molecule has 0 heterocycles. The number of hydrogen-bond acceptors (Lipinski definition) is 1. The molecular formula is C14H19BrO. The van der Waals surface area contributed by atoms with Crippen LogP contribution in [0.2, 0.25) is 0 Å². The van der Waals surface area contributed by atoms with Crippen molar-refractivity contribution in [2.45, 2.75) is 44.8 Å². The zero-order chi connectivity index (χ0) is 11.4. The molecule has 0 bridgehead atoms. The van der Waals surface area contributed by atoms with Gasteiger partial charge in [0.1, 0.15) is 0 Å². The molecule has 0 spiro atoms. The van der Waals surface area contributed by atoms with Gasteiger partial charge in [-0.25, -0.2) is 0 Å². The molecule has 0 aromatic heterocycles. The van der Waals surface area contributed by atoms with Gasteiger partial charge in [0, 0.05) is 5.33 Å². The highest BCUT2D eigenvalue weighted by atomic mass is 79.9. The average Bonchev–Trinajstić information content (AvgIpc) is 2.78. The van der Waals surface area contributed by atoms with Crippen LogP contribution in [0.1, 0.15) is 42.9 Å². The van der Waals surface area contributed by atoms with Crippen LogP contribution in [0.3, 0.4) is 0 Å². The van der Waals surface area contributed by atoms with Crippen molar-refractivity contribution >= 4 is 15.9 Å². The standard InChI is InChI=1S/C14H19BrO/c1-11-5-4-6-12(9-11)14(10-15)16-13-7-2-3-8-13/h4-6,9,13-14H,2-3,7-8,10H2,1H3. The summed E-state index contributed by atoms with van der Waals surface area (Å²) < 4.78 is 6.15. The molecule has 1 atom stereocenters. The third kappa shape index (κ3) is 3.08. The SMILES string of the molecule is Cc1cccc(C(CBr)OC2CCCC2)c1. The summed E-state index contributed by atoms with van der Waals surface area (Å²) >= 11 is 3.56. The Hall–Kier alpha value is -0.340. The Bertz CT molecular complexity index is 331. The van der Waals surface area contributed by atoms with E-state index in [4.69, 9.17) is 4.74 Å². The molecule has 0 radical (unpaired) electrons. The third-order valence-corrected chi connectivity index (χ3v) is 3.80. The van der Waals surface area contributed by atoms with Gasteiger partial charge in [-0.1, -0.05) is 58.6 Å².